The normalized spacial score (nSPS) is 23.6. The van der Waals surface area contributed by atoms with Crippen molar-refractivity contribution in [2.75, 3.05) is 32.8 Å². The maximum absolute atomic E-state index is 9.97. The molecule has 1 aliphatic heterocycles. The van der Waals surface area contributed by atoms with E-state index in [1.807, 2.05) is 34.9 Å². The van der Waals surface area contributed by atoms with Crippen LogP contribution in [-0.4, -0.2) is 62.6 Å². The summed E-state index contributed by atoms with van der Waals surface area (Å²) in [4.78, 5) is 6.54. The molecule has 8 heteroatoms. The number of hydrogen-bond acceptors (Lipinski definition) is 7. The van der Waals surface area contributed by atoms with Gasteiger partial charge in [0, 0.05) is 61.7 Å². The zero-order valence-corrected chi connectivity index (χ0v) is 18.6. The predicted octanol–water partition coefficient (Wildman–Crippen LogP) is 1.66. The molecule has 3 aromatic rings. The fourth-order valence-corrected chi connectivity index (χ4v) is 4.91. The Balaban J connectivity index is 1.25. The number of benzene rings is 1. The Hall–Kier alpha value is -2.96. The van der Waals surface area contributed by atoms with Crippen molar-refractivity contribution in [3.8, 4) is 23.2 Å². The fourth-order valence-electron chi connectivity index (χ4n) is 4.91. The highest BCUT2D eigenvalue weighted by Gasteiger charge is 2.54. The molecule has 0 bridgehead atoms. The number of nitrogens with zero attached hydrogens (tertiary/aromatic N) is 4. The molecule has 1 saturated heterocycles. The van der Waals surface area contributed by atoms with E-state index in [0.717, 1.165) is 30.8 Å². The predicted molar refractivity (Wildman–Crippen MR) is 123 cm³/mol. The summed E-state index contributed by atoms with van der Waals surface area (Å²) in [6.07, 6.45) is 2.73. The van der Waals surface area contributed by atoms with Gasteiger partial charge in [-0.05, 0) is 43.0 Å². The van der Waals surface area contributed by atoms with Crippen LogP contribution in [0.15, 0.2) is 47.2 Å². The average Bonchev–Trinajstić information content (AvgIpc) is 3.32. The van der Waals surface area contributed by atoms with Crippen LogP contribution in [-0.2, 0) is 0 Å². The lowest BCUT2D eigenvalue weighted by Gasteiger charge is -2.17. The third-order valence-corrected chi connectivity index (χ3v) is 6.74. The van der Waals surface area contributed by atoms with Crippen molar-refractivity contribution in [2.24, 2.45) is 23.5 Å². The van der Waals surface area contributed by atoms with Crippen LogP contribution in [0.2, 0.25) is 0 Å². The van der Waals surface area contributed by atoms with Gasteiger partial charge in [-0.1, -0.05) is 17.0 Å². The highest BCUT2D eigenvalue weighted by atomic mass is 16.5. The minimum Gasteiger partial charge on any atom is -0.395 e. The summed E-state index contributed by atoms with van der Waals surface area (Å²) in [5.41, 5.74) is 8.60. The Morgan fingerprint density at radius 3 is 2.67 bits per heavy atom. The minimum absolute atomic E-state index is 0.230. The number of fused-ring (bicyclic) bond motifs is 1. The van der Waals surface area contributed by atoms with E-state index < -0.39 is 6.10 Å². The van der Waals surface area contributed by atoms with E-state index in [0.29, 0.717) is 41.6 Å². The molecular formula is C25H29N5O3. The third-order valence-electron chi connectivity index (χ3n) is 6.74. The molecule has 0 spiro atoms. The van der Waals surface area contributed by atoms with Gasteiger partial charge in [-0.15, -0.1) is 0 Å². The first-order valence-electron chi connectivity index (χ1n) is 11.4. The van der Waals surface area contributed by atoms with E-state index >= 15 is 0 Å². The van der Waals surface area contributed by atoms with Gasteiger partial charge in [0.25, 0.3) is 0 Å². The monoisotopic (exact) mass is 447 g/mol. The topological polar surface area (TPSA) is 114 Å². The highest BCUT2D eigenvalue weighted by molar-refractivity contribution is 5.59. The summed E-state index contributed by atoms with van der Waals surface area (Å²) in [7, 11) is 0. The second kappa shape index (κ2) is 9.12. The summed E-state index contributed by atoms with van der Waals surface area (Å²) in [5, 5.41) is 23.3. The molecule has 0 amide bonds. The van der Waals surface area contributed by atoms with Crippen molar-refractivity contribution >= 4 is 0 Å². The van der Waals surface area contributed by atoms with Crippen molar-refractivity contribution in [3.63, 3.8) is 0 Å². The van der Waals surface area contributed by atoms with Gasteiger partial charge in [0.05, 0.1) is 12.6 Å². The van der Waals surface area contributed by atoms with E-state index in [1.54, 1.807) is 19.3 Å². The van der Waals surface area contributed by atoms with Crippen LogP contribution in [0.3, 0.4) is 0 Å². The second-order valence-corrected chi connectivity index (χ2v) is 8.92. The molecule has 0 unspecified atom stereocenters. The van der Waals surface area contributed by atoms with Gasteiger partial charge in [-0.25, -0.2) is 4.98 Å². The van der Waals surface area contributed by atoms with E-state index in [1.165, 1.54) is 0 Å². The number of aromatic nitrogens is 3. The molecular weight excluding hydrogens is 418 g/mol. The van der Waals surface area contributed by atoms with Crippen molar-refractivity contribution in [1.82, 2.24) is 19.6 Å². The Morgan fingerprint density at radius 1 is 1.24 bits per heavy atom. The molecule has 3 heterocycles. The van der Waals surface area contributed by atoms with Crippen LogP contribution in [0, 0.1) is 29.6 Å². The molecule has 2 aromatic heterocycles. The summed E-state index contributed by atoms with van der Waals surface area (Å²) in [6.45, 7) is 5.09. The molecule has 1 saturated carbocycles. The van der Waals surface area contributed by atoms with Gasteiger partial charge in [0.2, 0.25) is 0 Å². The smallest absolute Gasteiger partial charge is 0.167 e. The van der Waals surface area contributed by atoms with E-state index in [2.05, 4.69) is 26.9 Å². The van der Waals surface area contributed by atoms with Crippen LogP contribution in [0.1, 0.15) is 36.2 Å². The maximum atomic E-state index is 9.97. The molecule has 4 N–H and O–H groups in total. The Bertz CT molecular complexity index is 1140. The number of imidazole rings is 1. The third kappa shape index (κ3) is 4.33. The Labute approximate surface area is 193 Å². The molecule has 5 rings (SSSR count). The first-order chi connectivity index (χ1) is 16.1. The lowest BCUT2D eigenvalue weighted by atomic mass is 10.1. The van der Waals surface area contributed by atoms with E-state index in [9.17, 15) is 5.11 Å². The van der Waals surface area contributed by atoms with Gasteiger partial charge < -0.3 is 29.9 Å². The number of β-amino-alcohol motifs (C(OH)–C–C–N with tert-alkyl or cyclic N) is 1. The number of aliphatic hydroxyl groups excluding tert-OH is 2. The molecule has 8 nitrogen and oxygen atoms in total. The number of rotatable bonds is 7. The lowest BCUT2D eigenvalue weighted by molar-refractivity contribution is 0.182. The first kappa shape index (κ1) is 21.9. The number of nitrogens with two attached hydrogens (primary N) is 1. The summed E-state index contributed by atoms with van der Waals surface area (Å²) in [5.74, 6) is 9.76. The van der Waals surface area contributed by atoms with Gasteiger partial charge >= 0.3 is 0 Å². The molecule has 5 atom stereocenters. The summed E-state index contributed by atoms with van der Waals surface area (Å²) < 4.78 is 7.43. The van der Waals surface area contributed by atoms with Crippen molar-refractivity contribution in [1.29, 1.82) is 0 Å². The van der Waals surface area contributed by atoms with Crippen LogP contribution < -0.4 is 5.73 Å². The van der Waals surface area contributed by atoms with Crippen molar-refractivity contribution in [3.05, 3.63) is 59.8 Å². The number of hydrogen-bond donors (Lipinski definition) is 3. The second-order valence-electron chi connectivity index (χ2n) is 8.92. The van der Waals surface area contributed by atoms with Crippen molar-refractivity contribution in [2.45, 2.75) is 19.1 Å². The molecule has 1 aliphatic carbocycles. The minimum atomic E-state index is -0.705. The Morgan fingerprint density at radius 2 is 2.00 bits per heavy atom. The van der Waals surface area contributed by atoms with Crippen LogP contribution in [0.25, 0.3) is 11.3 Å². The molecule has 2 fully saturated rings. The van der Waals surface area contributed by atoms with Crippen LogP contribution in [0.5, 0.6) is 0 Å². The number of piperidine rings is 1. The molecule has 2 aliphatic rings. The highest BCUT2D eigenvalue weighted by Crippen LogP contribution is 2.51. The summed E-state index contributed by atoms with van der Waals surface area (Å²) in [6, 6.07) is 9.59. The number of likely N-dealkylation sites (tertiary alicyclic amines) is 1. The standard InChI is InChI=1S/C25H29N5O3/c1-16(32)25-27-8-9-30(25)23(13-26)22-12-24(33-28-22)18-5-2-17(3-6-18)4-7-19-20-14-29(10-11-31)15-21(19)20/h2-3,5-6,8-9,12,16,19-21,23,31-32H,10-11,13-15,26H2,1H3/t16-,19-,20-,21+,23+/m0/s1. The average molecular weight is 448 g/mol. The van der Waals surface area contributed by atoms with Gasteiger partial charge in [-0.3, -0.25) is 0 Å². The zero-order valence-electron chi connectivity index (χ0n) is 18.6. The fraction of sp³-hybridized carbons (Fsp3) is 0.440. The van der Waals surface area contributed by atoms with Crippen LogP contribution >= 0.6 is 0 Å². The van der Waals surface area contributed by atoms with Gasteiger partial charge in [0.15, 0.2) is 5.76 Å². The van der Waals surface area contributed by atoms with Crippen molar-refractivity contribution < 1.29 is 14.7 Å². The molecule has 1 aromatic carbocycles. The van der Waals surface area contributed by atoms with Gasteiger partial charge in [-0.2, -0.15) is 0 Å². The number of aliphatic hydroxyl groups is 2. The van der Waals surface area contributed by atoms with E-state index in [-0.39, 0.29) is 12.6 Å². The quantitative estimate of drug-likeness (QED) is 0.472. The molecule has 172 valence electrons. The largest absolute Gasteiger partial charge is 0.395 e. The molecule has 0 radical (unpaired) electrons. The molecule has 33 heavy (non-hydrogen) atoms. The SMILES string of the molecule is C[C@H](O)c1nccn1[C@H](CN)c1cc(-c2ccc(C#C[C@@H]3[C@H]4CN(CCO)C[C@@H]34)cc2)on1. The zero-order chi connectivity index (χ0) is 22.9. The van der Waals surface area contributed by atoms with E-state index in [4.69, 9.17) is 15.4 Å². The lowest BCUT2D eigenvalue weighted by Crippen LogP contribution is -2.27. The maximum Gasteiger partial charge on any atom is 0.167 e. The summed E-state index contributed by atoms with van der Waals surface area (Å²) >= 11 is 0. The van der Waals surface area contributed by atoms with Crippen LogP contribution in [0.4, 0.5) is 0 Å². The first-order valence-corrected chi connectivity index (χ1v) is 11.4. The van der Waals surface area contributed by atoms with Gasteiger partial charge in [0.1, 0.15) is 17.6 Å². The Kier molecular flexibility index (Phi) is 6.04.